The SMILES string of the molecule is CCCC(C)C(CN)NC. The topological polar surface area (TPSA) is 38.0 Å². The lowest BCUT2D eigenvalue weighted by molar-refractivity contribution is 0.380. The van der Waals surface area contributed by atoms with Gasteiger partial charge in [-0.05, 0) is 19.4 Å². The fraction of sp³-hybridized carbons (Fsp3) is 1.00. The van der Waals surface area contributed by atoms with E-state index in [0.717, 1.165) is 6.54 Å². The van der Waals surface area contributed by atoms with Gasteiger partial charge >= 0.3 is 0 Å². The fourth-order valence-electron chi connectivity index (χ4n) is 1.29. The van der Waals surface area contributed by atoms with Crippen LogP contribution in [0.2, 0.25) is 0 Å². The first-order valence-corrected chi connectivity index (χ1v) is 4.13. The highest BCUT2D eigenvalue weighted by atomic mass is 14.9. The summed E-state index contributed by atoms with van der Waals surface area (Å²) >= 11 is 0. The van der Waals surface area contributed by atoms with Crippen molar-refractivity contribution in [3.8, 4) is 0 Å². The maximum absolute atomic E-state index is 5.55. The second-order valence-electron chi connectivity index (χ2n) is 2.90. The van der Waals surface area contributed by atoms with Crippen LogP contribution in [0, 0.1) is 5.92 Å². The van der Waals surface area contributed by atoms with Gasteiger partial charge in [0.05, 0.1) is 0 Å². The van der Waals surface area contributed by atoms with Crippen molar-refractivity contribution in [1.82, 2.24) is 5.32 Å². The Morgan fingerprint density at radius 1 is 1.50 bits per heavy atom. The average Bonchev–Trinajstić information content (AvgIpc) is 1.91. The lowest BCUT2D eigenvalue weighted by atomic mass is 9.97. The van der Waals surface area contributed by atoms with Gasteiger partial charge < -0.3 is 11.1 Å². The number of nitrogens with one attached hydrogen (secondary N) is 1. The second-order valence-corrected chi connectivity index (χ2v) is 2.90. The zero-order chi connectivity index (χ0) is 7.98. The number of hydrogen-bond acceptors (Lipinski definition) is 2. The first kappa shape index (κ1) is 9.92. The van der Waals surface area contributed by atoms with E-state index in [4.69, 9.17) is 5.73 Å². The molecule has 0 radical (unpaired) electrons. The maximum Gasteiger partial charge on any atom is 0.0212 e. The molecule has 2 heteroatoms. The number of hydrogen-bond donors (Lipinski definition) is 2. The van der Waals surface area contributed by atoms with E-state index >= 15 is 0 Å². The lowest BCUT2D eigenvalue weighted by Gasteiger charge is -2.20. The summed E-state index contributed by atoms with van der Waals surface area (Å²) in [5, 5.41) is 3.21. The van der Waals surface area contributed by atoms with Gasteiger partial charge in [-0.3, -0.25) is 0 Å². The zero-order valence-corrected chi connectivity index (χ0v) is 7.35. The van der Waals surface area contributed by atoms with Gasteiger partial charge in [-0.25, -0.2) is 0 Å². The van der Waals surface area contributed by atoms with E-state index in [1.807, 2.05) is 7.05 Å². The predicted octanol–water partition coefficient (Wildman–Crippen LogP) is 0.969. The summed E-state index contributed by atoms with van der Waals surface area (Å²) in [6, 6.07) is 0.500. The van der Waals surface area contributed by atoms with Crippen LogP contribution >= 0.6 is 0 Å². The van der Waals surface area contributed by atoms with E-state index in [9.17, 15) is 0 Å². The molecule has 0 saturated carbocycles. The van der Waals surface area contributed by atoms with Gasteiger partial charge in [0.1, 0.15) is 0 Å². The summed E-state index contributed by atoms with van der Waals surface area (Å²) < 4.78 is 0. The van der Waals surface area contributed by atoms with Crippen molar-refractivity contribution < 1.29 is 0 Å². The molecule has 2 unspecified atom stereocenters. The number of rotatable bonds is 5. The van der Waals surface area contributed by atoms with Crippen molar-refractivity contribution in [2.45, 2.75) is 32.7 Å². The van der Waals surface area contributed by atoms with Gasteiger partial charge in [0.25, 0.3) is 0 Å². The van der Waals surface area contributed by atoms with Crippen molar-refractivity contribution in [2.75, 3.05) is 13.6 Å². The van der Waals surface area contributed by atoms with E-state index in [1.54, 1.807) is 0 Å². The van der Waals surface area contributed by atoms with Crippen LogP contribution in [0.15, 0.2) is 0 Å². The molecule has 2 atom stereocenters. The van der Waals surface area contributed by atoms with Gasteiger partial charge in [-0.15, -0.1) is 0 Å². The molecule has 0 spiro atoms. The minimum Gasteiger partial charge on any atom is -0.329 e. The van der Waals surface area contributed by atoms with E-state index in [-0.39, 0.29) is 0 Å². The van der Waals surface area contributed by atoms with Gasteiger partial charge in [0.15, 0.2) is 0 Å². The quantitative estimate of drug-likeness (QED) is 0.603. The molecule has 0 aromatic heterocycles. The van der Waals surface area contributed by atoms with Crippen LogP contribution in [0.3, 0.4) is 0 Å². The monoisotopic (exact) mass is 144 g/mol. The van der Waals surface area contributed by atoms with Crippen LogP contribution in [-0.4, -0.2) is 19.6 Å². The maximum atomic E-state index is 5.55. The van der Waals surface area contributed by atoms with Crippen LogP contribution < -0.4 is 11.1 Å². The lowest BCUT2D eigenvalue weighted by Crippen LogP contribution is -2.38. The first-order chi connectivity index (χ1) is 4.76. The molecular formula is C8H20N2. The number of nitrogens with two attached hydrogens (primary N) is 1. The van der Waals surface area contributed by atoms with Gasteiger partial charge in [0.2, 0.25) is 0 Å². The standard InChI is InChI=1S/C8H20N2/c1-4-5-7(2)8(6-9)10-3/h7-8,10H,4-6,9H2,1-3H3. The Kier molecular flexibility index (Phi) is 5.64. The minimum atomic E-state index is 0.500. The summed E-state index contributed by atoms with van der Waals surface area (Å²) in [5.41, 5.74) is 5.55. The van der Waals surface area contributed by atoms with Crippen LogP contribution in [0.25, 0.3) is 0 Å². The summed E-state index contributed by atoms with van der Waals surface area (Å²) in [6.45, 7) is 5.20. The highest BCUT2D eigenvalue weighted by molar-refractivity contribution is 4.71. The minimum absolute atomic E-state index is 0.500. The van der Waals surface area contributed by atoms with Crippen LogP contribution in [0.1, 0.15) is 26.7 Å². The van der Waals surface area contributed by atoms with E-state index in [1.165, 1.54) is 12.8 Å². The van der Waals surface area contributed by atoms with E-state index in [2.05, 4.69) is 19.2 Å². The third kappa shape index (κ3) is 3.18. The summed E-state index contributed by atoms with van der Waals surface area (Å²) in [4.78, 5) is 0. The highest BCUT2D eigenvalue weighted by Crippen LogP contribution is 2.08. The fourth-order valence-corrected chi connectivity index (χ4v) is 1.29. The molecule has 0 amide bonds. The summed E-state index contributed by atoms with van der Waals surface area (Å²) in [7, 11) is 1.98. The van der Waals surface area contributed by atoms with Crippen LogP contribution in [-0.2, 0) is 0 Å². The molecule has 10 heavy (non-hydrogen) atoms. The molecule has 0 aromatic carbocycles. The molecule has 0 fully saturated rings. The Hall–Kier alpha value is -0.0800. The first-order valence-electron chi connectivity index (χ1n) is 4.13. The highest BCUT2D eigenvalue weighted by Gasteiger charge is 2.11. The Morgan fingerprint density at radius 3 is 2.40 bits per heavy atom. The Bertz CT molecular complexity index is 69.7. The predicted molar refractivity (Wildman–Crippen MR) is 46.0 cm³/mol. The van der Waals surface area contributed by atoms with Crippen LogP contribution in [0.5, 0.6) is 0 Å². The van der Waals surface area contributed by atoms with Crippen molar-refractivity contribution in [2.24, 2.45) is 11.7 Å². The van der Waals surface area contributed by atoms with Crippen LogP contribution in [0.4, 0.5) is 0 Å². The van der Waals surface area contributed by atoms with Gasteiger partial charge in [-0.1, -0.05) is 20.3 Å². The van der Waals surface area contributed by atoms with Crippen molar-refractivity contribution in [3.63, 3.8) is 0 Å². The third-order valence-electron chi connectivity index (χ3n) is 2.06. The molecule has 3 N–H and O–H groups in total. The number of likely N-dealkylation sites (N-methyl/N-ethyl adjacent to an activating group) is 1. The molecule has 0 aliphatic carbocycles. The van der Waals surface area contributed by atoms with Crippen molar-refractivity contribution in [1.29, 1.82) is 0 Å². The molecule has 0 rings (SSSR count). The Morgan fingerprint density at radius 2 is 2.10 bits per heavy atom. The largest absolute Gasteiger partial charge is 0.329 e. The normalized spacial score (nSPS) is 16.8. The van der Waals surface area contributed by atoms with E-state index < -0.39 is 0 Å². The molecule has 2 nitrogen and oxygen atoms in total. The molecular weight excluding hydrogens is 124 g/mol. The molecule has 62 valence electrons. The summed E-state index contributed by atoms with van der Waals surface area (Å²) in [6.07, 6.45) is 2.52. The van der Waals surface area contributed by atoms with Gasteiger partial charge in [0, 0.05) is 12.6 Å². The Labute approximate surface area is 64.2 Å². The van der Waals surface area contributed by atoms with Crippen molar-refractivity contribution >= 4 is 0 Å². The zero-order valence-electron chi connectivity index (χ0n) is 7.35. The third-order valence-corrected chi connectivity index (χ3v) is 2.06. The average molecular weight is 144 g/mol. The molecule has 0 aromatic rings. The van der Waals surface area contributed by atoms with Gasteiger partial charge in [-0.2, -0.15) is 0 Å². The van der Waals surface area contributed by atoms with Crippen molar-refractivity contribution in [3.05, 3.63) is 0 Å². The second kappa shape index (κ2) is 5.69. The molecule has 0 aliphatic heterocycles. The smallest absolute Gasteiger partial charge is 0.0212 e. The molecule has 0 bridgehead atoms. The Balaban J connectivity index is 3.53. The molecule has 0 heterocycles. The summed E-state index contributed by atoms with van der Waals surface area (Å²) in [5.74, 6) is 0.708. The van der Waals surface area contributed by atoms with E-state index in [0.29, 0.717) is 12.0 Å². The molecule has 0 aliphatic rings. The molecule has 0 saturated heterocycles.